The van der Waals surface area contributed by atoms with Crippen LogP contribution in [0.15, 0.2) is 48.5 Å². The predicted octanol–water partition coefficient (Wildman–Crippen LogP) is 2.44. The Morgan fingerprint density at radius 2 is 1.61 bits per heavy atom. The number of hydrogen-bond donors (Lipinski definition) is 1. The standard InChI is InChI=1S/C28H39N5O3/c1-3-30(21-27(34)29-25-8-10-26(11-9-25)32-16-18-36-19-17-32)22-28(35)33-14-12-31(13-15-33)20-24-7-5-4-6-23(24)2/h4-11H,3,12-22H2,1-2H3,(H,29,34). The van der Waals surface area contributed by atoms with E-state index in [1.807, 2.05) is 41.0 Å². The highest BCUT2D eigenvalue weighted by Crippen LogP contribution is 2.19. The molecule has 2 aromatic rings. The van der Waals surface area contributed by atoms with E-state index in [2.05, 4.69) is 46.3 Å². The Hall–Kier alpha value is -2.94. The first kappa shape index (κ1) is 26.1. The number of benzene rings is 2. The lowest BCUT2D eigenvalue weighted by Gasteiger charge is -2.36. The monoisotopic (exact) mass is 493 g/mol. The number of amides is 2. The van der Waals surface area contributed by atoms with Crippen molar-refractivity contribution < 1.29 is 14.3 Å². The summed E-state index contributed by atoms with van der Waals surface area (Å²) in [6, 6.07) is 16.4. The summed E-state index contributed by atoms with van der Waals surface area (Å²) in [4.78, 5) is 34.1. The Balaban J connectivity index is 1.20. The van der Waals surface area contributed by atoms with Gasteiger partial charge in [-0.25, -0.2) is 0 Å². The molecule has 36 heavy (non-hydrogen) atoms. The number of carbonyl (C=O) groups is 2. The third-order valence-corrected chi connectivity index (χ3v) is 7.08. The van der Waals surface area contributed by atoms with E-state index in [9.17, 15) is 9.59 Å². The quantitative estimate of drug-likeness (QED) is 0.579. The Kier molecular flexibility index (Phi) is 9.33. The number of likely N-dealkylation sites (N-methyl/N-ethyl adjacent to an activating group) is 1. The van der Waals surface area contributed by atoms with Crippen molar-refractivity contribution in [3.8, 4) is 0 Å². The molecule has 2 fully saturated rings. The fourth-order valence-electron chi connectivity index (χ4n) is 4.74. The molecule has 0 saturated carbocycles. The van der Waals surface area contributed by atoms with Gasteiger partial charge >= 0.3 is 0 Å². The summed E-state index contributed by atoms with van der Waals surface area (Å²) in [6.45, 7) is 12.6. The van der Waals surface area contributed by atoms with Gasteiger partial charge in [-0.2, -0.15) is 0 Å². The zero-order chi connectivity index (χ0) is 25.3. The van der Waals surface area contributed by atoms with Crippen LogP contribution in [0.3, 0.4) is 0 Å². The molecule has 8 nitrogen and oxygen atoms in total. The van der Waals surface area contributed by atoms with E-state index in [0.717, 1.165) is 70.4 Å². The number of anilines is 2. The van der Waals surface area contributed by atoms with Crippen LogP contribution in [0, 0.1) is 6.92 Å². The third-order valence-electron chi connectivity index (χ3n) is 7.08. The number of hydrogen-bond acceptors (Lipinski definition) is 6. The number of morpholine rings is 1. The maximum atomic E-state index is 12.9. The molecule has 0 bridgehead atoms. The van der Waals surface area contributed by atoms with Crippen molar-refractivity contribution in [2.24, 2.45) is 0 Å². The number of piperazine rings is 1. The van der Waals surface area contributed by atoms with Crippen LogP contribution in [0.5, 0.6) is 0 Å². The fraction of sp³-hybridized carbons (Fsp3) is 0.500. The number of nitrogens with zero attached hydrogens (tertiary/aromatic N) is 4. The summed E-state index contributed by atoms with van der Waals surface area (Å²) in [5.41, 5.74) is 4.55. The molecule has 194 valence electrons. The molecule has 2 aliphatic rings. The lowest BCUT2D eigenvalue weighted by molar-refractivity contribution is -0.134. The van der Waals surface area contributed by atoms with Gasteiger partial charge in [0.2, 0.25) is 11.8 Å². The lowest BCUT2D eigenvalue weighted by atomic mass is 10.1. The zero-order valence-corrected chi connectivity index (χ0v) is 21.6. The van der Waals surface area contributed by atoms with E-state index in [4.69, 9.17) is 4.74 Å². The smallest absolute Gasteiger partial charge is 0.238 e. The van der Waals surface area contributed by atoms with Crippen LogP contribution in [0.4, 0.5) is 11.4 Å². The Bertz CT molecular complexity index is 998. The van der Waals surface area contributed by atoms with Gasteiger partial charge in [-0.05, 0) is 48.9 Å². The van der Waals surface area contributed by atoms with Gasteiger partial charge in [-0.3, -0.25) is 19.4 Å². The van der Waals surface area contributed by atoms with Gasteiger partial charge in [0.05, 0.1) is 26.3 Å². The van der Waals surface area contributed by atoms with E-state index >= 15 is 0 Å². The average molecular weight is 494 g/mol. The molecular formula is C28H39N5O3. The van der Waals surface area contributed by atoms with E-state index in [1.165, 1.54) is 11.1 Å². The van der Waals surface area contributed by atoms with Crippen LogP contribution in [0.25, 0.3) is 0 Å². The molecule has 0 aromatic heterocycles. The second-order valence-corrected chi connectivity index (χ2v) is 9.58. The number of rotatable bonds is 9. The maximum absolute atomic E-state index is 12.9. The van der Waals surface area contributed by atoms with Crippen LogP contribution in [0.2, 0.25) is 0 Å². The number of nitrogens with one attached hydrogen (secondary N) is 1. The molecule has 0 radical (unpaired) electrons. The van der Waals surface area contributed by atoms with E-state index in [0.29, 0.717) is 6.54 Å². The van der Waals surface area contributed by atoms with E-state index < -0.39 is 0 Å². The molecule has 8 heteroatoms. The van der Waals surface area contributed by atoms with Gasteiger partial charge in [0, 0.05) is 57.2 Å². The lowest BCUT2D eigenvalue weighted by Crippen LogP contribution is -2.51. The average Bonchev–Trinajstić information content (AvgIpc) is 2.91. The van der Waals surface area contributed by atoms with Gasteiger partial charge in [-0.15, -0.1) is 0 Å². The van der Waals surface area contributed by atoms with Crippen molar-refractivity contribution >= 4 is 23.2 Å². The van der Waals surface area contributed by atoms with E-state index in [-0.39, 0.29) is 24.9 Å². The first-order chi connectivity index (χ1) is 17.5. The number of carbonyl (C=O) groups excluding carboxylic acids is 2. The Morgan fingerprint density at radius 1 is 0.917 bits per heavy atom. The second-order valence-electron chi connectivity index (χ2n) is 9.58. The molecular weight excluding hydrogens is 454 g/mol. The van der Waals surface area contributed by atoms with Crippen molar-refractivity contribution in [3.63, 3.8) is 0 Å². The minimum absolute atomic E-state index is 0.0926. The molecule has 0 atom stereocenters. The van der Waals surface area contributed by atoms with Crippen molar-refractivity contribution in [1.82, 2.24) is 14.7 Å². The fourth-order valence-corrected chi connectivity index (χ4v) is 4.74. The predicted molar refractivity (Wildman–Crippen MR) is 143 cm³/mol. The third kappa shape index (κ3) is 7.29. The van der Waals surface area contributed by atoms with Gasteiger partial charge in [0.25, 0.3) is 0 Å². The van der Waals surface area contributed by atoms with Crippen LogP contribution >= 0.6 is 0 Å². The maximum Gasteiger partial charge on any atom is 0.238 e. The Morgan fingerprint density at radius 3 is 2.28 bits per heavy atom. The first-order valence-corrected chi connectivity index (χ1v) is 13.0. The van der Waals surface area contributed by atoms with Crippen molar-refractivity contribution in [2.75, 3.05) is 82.3 Å². The topological polar surface area (TPSA) is 68.4 Å². The largest absolute Gasteiger partial charge is 0.378 e. The van der Waals surface area contributed by atoms with Crippen LogP contribution < -0.4 is 10.2 Å². The van der Waals surface area contributed by atoms with Gasteiger partial charge in [0.1, 0.15) is 0 Å². The van der Waals surface area contributed by atoms with Crippen molar-refractivity contribution in [2.45, 2.75) is 20.4 Å². The number of aryl methyl sites for hydroxylation is 1. The molecule has 1 N–H and O–H groups in total. The highest BCUT2D eigenvalue weighted by Gasteiger charge is 2.23. The summed E-state index contributed by atoms with van der Waals surface area (Å²) < 4.78 is 5.41. The molecule has 2 saturated heterocycles. The van der Waals surface area contributed by atoms with Gasteiger partial charge in [0.15, 0.2) is 0 Å². The zero-order valence-electron chi connectivity index (χ0n) is 21.6. The molecule has 4 rings (SSSR count). The SMILES string of the molecule is CCN(CC(=O)Nc1ccc(N2CCOCC2)cc1)CC(=O)N1CCN(Cc2ccccc2C)CC1. The first-order valence-electron chi connectivity index (χ1n) is 13.0. The molecule has 2 aliphatic heterocycles. The molecule has 2 aromatic carbocycles. The highest BCUT2D eigenvalue weighted by molar-refractivity contribution is 5.92. The minimum atomic E-state index is -0.105. The molecule has 0 unspecified atom stereocenters. The van der Waals surface area contributed by atoms with Crippen molar-refractivity contribution in [1.29, 1.82) is 0 Å². The molecule has 0 spiro atoms. The van der Waals surface area contributed by atoms with E-state index in [1.54, 1.807) is 0 Å². The summed E-state index contributed by atoms with van der Waals surface area (Å²) in [5, 5.41) is 2.97. The Labute approximate surface area is 214 Å². The summed E-state index contributed by atoms with van der Waals surface area (Å²) in [6.07, 6.45) is 0. The summed E-state index contributed by atoms with van der Waals surface area (Å²) >= 11 is 0. The normalized spacial score (nSPS) is 16.9. The van der Waals surface area contributed by atoms with Crippen LogP contribution in [-0.4, -0.2) is 98.6 Å². The minimum Gasteiger partial charge on any atom is -0.378 e. The van der Waals surface area contributed by atoms with Crippen LogP contribution in [-0.2, 0) is 20.9 Å². The summed E-state index contributed by atoms with van der Waals surface area (Å²) in [7, 11) is 0. The molecule has 2 heterocycles. The molecule has 0 aliphatic carbocycles. The summed E-state index contributed by atoms with van der Waals surface area (Å²) in [5.74, 6) is -0.0121. The second kappa shape index (κ2) is 12.9. The van der Waals surface area contributed by atoms with Gasteiger partial charge < -0.3 is 19.9 Å². The highest BCUT2D eigenvalue weighted by atomic mass is 16.5. The van der Waals surface area contributed by atoms with Crippen LogP contribution in [0.1, 0.15) is 18.1 Å². The molecule has 2 amide bonds. The van der Waals surface area contributed by atoms with Gasteiger partial charge in [-0.1, -0.05) is 31.2 Å². The van der Waals surface area contributed by atoms with Crippen molar-refractivity contribution in [3.05, 3.63) is 59.7 Å². The number of ether oxygens (including phenoxy) is 1.